The van der Waals surface area contributed by atoms with Gasteiger partial charge in [-0.1, -0.05) is 73.1 Å². The van der Waals surface area contributed by atoms with Crippen molar-refractivity contribution in [3.63, 3.8) is 0 Å². The summed E-state index contributed by atoms with van der Waals surface area (Å²) in [6, 6.07) is 22.0. The van der Waals surface area contributed by atoms with Crippen LogP contribution in [0.4, 0.5) is 0 Å². The van der Waals surface area contributed by atoms with Crippen molar-refractivity contribution >= 4 is 28.3 Å². The molecule has 6 heteroatoms. The van der Waals surface area contributed by atoms with Gasteiger partial charge in [0.1, 0.15) is 0 Å². The molecule has 1 aromatic heterocycles. The summed E-state index contributed by atoms with van der Waals surface area (Å²) in [5.74, 6) is 0.0725. The third-order valence-electron chi connectivity index (χ3n) is 5.59. The second-order valence-corrected chi connectivity index (χ2v) is 8.13. The highest BCUT2D eigenvalue weighted by atomic mass is 35.5. The Morgan fingerprint density at radius 3 is 2.28 bits per heavy atom. The molecule has 0 radical (unpaired) electrons. The van der Waals surface area contributed by atoms with Crippen molar-refractivity contribution in [2.45, 2.75) is 32.9 Å². The predicted octanol–water partition coefficient (Wildman–Crippen LogP) is 4.70. The maximum Gasteiger partial charge on any atom is 0.331 e. The van der Waals surface area contributed by atoms with Gasteiger partial charge in [-0.05, 0) is 35.7 Å². The van der Waals surface area contributed by atoms with Crippen LogP contribution in [0.5, 0.6) is 0 Å². The zero-order valence-corrected chi connectivity index (χ0v) is 18.5. The number of carbonyl (C=O) groups excluding carboxylic acids is 1. The van der Waals surface area contributed by atoms with Crippen molar-refractivity contribution in [3.8, 4) is 0 Å². The van der Waals surface area contributed by atoms with Crippen LogP contribution in [-0.2, 0) is 19.5 Å². The molecule has 5 nitrogen and oxygen atoms in total. The minimum absolute atomic E-state index is 0.0725. The van der Waals surface area contributed by atoms with E-state index in [0.717, 1.165) is 11.1 Å². The molecule has 0 aliphatic heterocycles. The van der Waals surface area contributed by atoms with E-state index >= 15 is 0 Å². The Labute approximate surface area is 190 Å². The van der Waals surface area contributed by atoms with E-state index < -0.39 is 0 Å². The minimum Gasteiger partial charge on any atom is -0.294 e. The second-order valence-electron chi connectivity index (χ2n) is 7.70. The van der Waals surface area contributed by atoms with Crippen LogP contribution in [0.1, 0.15) is 34.8 Å². The first-order valence-corrected chi connectivity index (χ1v) is 10.9. The van der Waals surface area contributed by atoms with E-state index in [1.54, 1.807) is 34.9 Å². The molecular weight excluding hydrogens is 424 g/mol. The Hall–Kier alpha value is -3.44. The van der Waals surface area contributed by atoms with Crippen molar-refractivity contribution in [2.75, 3.05) is 0 Å². The van der Waals surface area contributed by atoms with Crippen molar-refractivity contribution in [2.24, 2.45) is 0 Å². The zero-order valence-electron chi connectivity index (χ0n) is 17.8. The van der Waals surface area contributed by atoms with E-state index in [1.165, 1.54) is 4.57 Å². The minimum atomic E-state index is -0.366. The fraction of sp³-hybridized carbons (Fsp3) is 0.192. The van der Waals surface area contributed by atoms with E-state index in [0.29, 0.717) is 34.3 Å². The third kappa shape index (κ3) is 4.43. The van der Waals surface area contributed by atoms with Gasteiger partial charge in [0.25, 0.3) is 5.56 Å². The second kappa shape index (κ2) is 9.37. The Bertz CT molecular complexity index is 1390. The van der Waals surface area contributed by atoms with Crippen LogP contribution in [0.15, 0.2) is 82.4 Å². The standard InChI is InChI=1S/C26H23ClN2O3/c1-2-24(30)20-10-8-19(9-11-20)17-29-23-13-12-21(27)16-22(23)25(31)28(26(29)32)15-14-18-6-4-3-5-7-18/h3-13,16H,2,14-15,17H2,1H3. The van der Waals surface area contributed by atoms with Crippen molar-refractivity contribution in [3.05, 3.63) is 115 Å². The van der Waals surface area contributed by atoms with Crippen molar-refractivity contribution in [1.82, 2.24) is 9.13 Å². The Balaban J connectivity index is 1.77. The molecule has 0 bridgehead atoms. The first-order chi connectivity index (χ1) is 15.5. The van der Waals surface area contributed by atoms with Crippen LogP contribution in [-0.4, -0.2) is 14.9 Å². The summed E-state index contributed by atoms with van der Waals surface area (Å²) in [6.07, 6.45) is 1.01. The average Bonchev–Trinajstić information content (AvgIpc) is 2.82. The fourth-order valence-corrected chi connectivity index (χ4v) is 3.99. The van der Waals surface area contributed by atoms with Crippen molar-refractivity contribution in [1.29, 1.82) is 0 Å². The highest BCUT2D eigenvalue weighted by Gasteiger charge is 2.14. The van der Waals surface area contributed by atoms with Crippen LogP contribution in [0.2, 0.25) is 5.02 Å². The number of halogens is 1. The molecule has 0 saturated heterocycles. The molecule has 162 valence electrons. The van der Waals surface area contributed by atoms with Crippen LogP contribution in [0.25, 0.3) is 10.9 Å². The number of rotatable bonds is 7. The smallest absolute Gasteiger partial charge is 0.294 e. The molecule has 0 saturated carbocycles. The summed E-state index contributed by atoms with van der Waals surface area (Å²) in [4.78, 5) is 38.4. The van der Waals surface area contributed by atoms with Gasteiger partial charge in [0.2, 0.25) is 0 Å². The normalized spacial score (nSPS) is 11.1. The van der Waals surface area contributed by atoms with Gasteiger partial charge in [-0.25, -0.2) is 4.79 Å². The van der Waals surface area contributed by atoms with Gasteiger partial charge in [-0.2, -0.15) is 0 Å². The third-order valence-corrected chi connectivity index (χ3v) is 5.83. The number of hydrogen-bond acceptors (Lipinski definition) is 3. The molecular formula is C26H23ClN2O3. The molecule has 0 fully saturated rings. The highest BCUT2D eigenvalue weighted by molar-refractivity contribution is 6.31. The quantitative estimate of drug-likeness (QED) is 0.386. The molecule has 4 rings (SSSR count). The van der Waals surface area contributed by atoms with Crippen LogP contribution < -0.4 is 11.2 Å². The number of aryl methyl sites for hydroxylation is 1. The lowest BCUT2D eigenvalue weighted by Gasteiger charge is -2.15. The van der Waals surface area contributed by atoms with Crippen LogP contribution in [0.3, 0.4) is 0 Å². The van der Waals surface area contributed by atoms with Gasteiger partial charge < -0.3 is 0 Å². The molecule has 32 heavy (non-hydrogen) atoms. The van der Waals surface area contributed by atoms with E-state index in [1.807, 2.05) is 49.4 Å². The largest absolute Gasteiger partial charge is 0.331 e. The van der Waals surface area contributed by atoms with Gasteiger partial charge in [-0.3, -0.25) is 18.7 Å². The SMILES string of the molecule is CCC(=O)c1ccc(Cn2c(=O)n(CCc3ccccc3)c(=O)c3cc(Cl)ccc32)cc1. The number of hydrogen-bond donors (Lipinski definition) is 0. The number of ketones is 1. The highest BCUT2D eigenvalue weighted by Crippen LogP contribution is 2.17. The van der Waals surface area contributed by atoms with Gasteiger partial charge >= 0.3 is 5.69 Å². The summed E-state index contributed by atoms with van der Waals surface area (Å²) in [6.45, 7) is 2.38. The molecule has 0 spiro atoms. The molecule has 0 aliphatic rings. The lowest BCUT2D eigenvalue weighted by atomic mass is 10.1. The number of carbonyl (C=O) groups is 1. The first-order valence-electron chi connectivity index (χ1n) is 10.6. The number of nitrogens with zero attached hydrogens (tertiary/aromatic N) is 2. The Morgan fingerprint density at radius 2 is 1.59 bits per heavy atom. The van der Waals surface area contributed by atoms with E-state index in [4.69, 9.17) is 11.6 Å². The summed E-state index contributed by atoms with van der Waals surface area (Å²) in [5.41, 5.74) is 2.39. The molecule has 1 heterocycles. The lowest BCUT2D eigenvalue weighted by Crippen LogP contribution is -2.40. The summed E-state index contributed by atoms with van der Waals surface area (Å²) in [5, 5.41) is 0.847. The number of benzene rings is 3. The van der Waals surface area contributed by atoms with Gasteiger partial charge in [0, 0.05) is 23.6 Å². The molecule has 0 aliphatic carbocycles. The number of fused-ring (bicyclic) bond motifs is 1. The fourth-order valence-electron chi connectivity index (χ4n) is 3.81. The molecule has 0 unspecified atom stereocenters. The van der Waals surface area contributed by atoms with E-state index in [9.17, 15) is 14.4 Å². The average molecular weight is 447 g/mol. The topological polar surface area (TPSA) is 61.1 Å². The number of Topliss-reactive ketones (excluding diaryl/α,β-unsaturated/α-hetero) is 1. The zero-order chi connectivity index (χ0) is 22.7. The maximum absolute atomic E-state index is 13.4. The number of aromatic nitrogens is 2. The van der Waals surface area contributed by atoms with E-state index in [-0.39, 0.29) is 30.1 Å². The monoisotopic (exact) mass is 446 g/mol. The Morgan fingerprint density at radius 1 is 0.875 bits per heavy atom. The maximum atomic E-state index is 13.4. The first kappa shape index (κ1) is 21.8. The van der Waals surface area contributed by atoms with Gasteiger partial charge in [0.15, 0.2) is 5.78 Å². The molecule has 0 amide bonds. The summed E-state index contributed by atoms with van der Waals surface area (Å²) < 4.78 is 2.87. The van der Waals surface area contributed by atoms with Crippen LogP contribution >= 0.6 is 11.6 Å². The predicted molar refractivity (Wildman–Crippen MR) is 128 cm³/mol. The molecule has 0 atom stereocenters. The van der Waals surface area contributed by atoms with Gasteiger partial charge in [0.05, 0.1) is 17.4 Å². The lowest BCUT2D eigenvalue weighted by molar-refractivity contribution is 0.0988. The molecule has 0 N–H and O–H groups in total. The van der Waals surface area contributed by atoms with Crippen LogP contribution in [0, 0.1) is 0 Å². The van der Waals surface area contributed by atoms with Gasteiger partial charge in [-0.15, -0.1) is 0 Å². The summed E-state index contributed by atoms with van der Waals surface area (Å²) in [7, 11) is 0. The Kier molecular flexibility index (Phi) is 6.37. The van der Waals surface area contributed by atoms with E-state index in [2.05, 4.69) is 0 Å². The summed E-state index contributed by atoms with van der Waals surface area (Å²) >= 11 is 6.16. The molecule has 3 aromatic carbocycles. The van der Waals surface area contributed by atoms with Crippen molar-refractivity contribution < 1.29 is 4.79 Å². The molecule has 4 aromatic rings.